The Bertz CT molecular complexity index is 517. The van der Waals surface area contributed by atoms with E-state index in [1.54, 1.807) is 13.8 Å². The predicted molar refractivity (Wildman–Crippen MR) is 86.2 cm³/mol. The minimum atomic E-state index is -2.68. The van der Waals surface area contributed by atoms with E-state index < -0.39 is 28.6 Å². The molecule has 2 aliphatic carbocycles. The molecule has 25 heavy (non-hydrogen) atoms. The molecule has 0 saturated heterocycles. The second kappa shape index (κ2) is 6.76. The van der Waals surface area contributed by atoms with Crippen molar-refractivity contribution in [1.82, 2.24) is 5.32 Å². The topological polar surface area (TPSA) is 72.2 Å². The van der Waals surface area contributed by atoms with Crippen LogP contribution in [-0.4, -0.2) is 30.7 Å². The third-order valence-electron chi connectivity index (χ3n) is 5.68. The fourth-order valence-corrected chi connectivity index (χ4v) is 3.69. The van der Waals surface area contributed by atoms with Crippen LogP contribution in [0.15, 0.2) is 0 Å². The Balaban J connectivity index is 0.000000251. The third kappa shape index (κ3) is 4.08. The number of halogens is 4. The van der Waals surface area contributed by atoms with Crippen molar-refractivity contribution < 1.29 is 27.2 Å². The zero-order valence-electron chi connectivity index (χ0n) is 15.4. The molecule has 146 valence electrons. The van der Waals surface area contributed by atoms with Gasteiger partial charge in [0, 0.05) is 32.7 Å². The van der Waals surface area contributed by atoms with Crippen LogP contribution >= 0.6 is 0 Å². The Labute approximate surface area is 145 Å². The summed E-state index contributed by atoms with van der Waals surface area (Å²) < 4.78 is 50.5. The molecule has 2 rings (SSSR count). The molecular formula is C17H28F4N2O2. The van der Waals surface area contributed by atoms with Gasteiger partial charge in [0.15, 0.2) is 0 Å². The highest BCUT2D eigenvalue weighted by atomic mass is 19.3. The number of carbonyl (C=O) groups is 2. The molecule has 0 aromatic rings. The lowest BCUT2D eigenvalue weighted by atomic mass is 9.59. The molecule has 8 heteroatoms. The first-order valence-corrected chi connectivity index (χ1v) is 8.42. The summed E-state index contributed by atoms with van der Waals surface area (Å²) in [6.07, 6.45) is -1.38. The van der Waals surface area contributed by atoms with Crippen molar-refractivity contribution in [3.63, 3.8) is 0 Å². The lowest BCUT2D eigenvalue weighted by molar-refractivity contribution is -0.189. The summed E-state index contributed by atoms with van der Waals surface area (Å²) in [4.78, 5) is 22.3. The maximum absolute atomic E-state index is 12.7. The van der Waals surface area contributed by atoms with Gasteiger partial charge in [-0.25, -0.2) is 17.6 Å². The van der Waals surface area contributed by atoms with E-state index in [0.717, 1.165) is 0 Å². The van der Waals surface area contributed by atoms with Crippen molar-refractivity contribution in [3.8, 4) is 0 Å². The molecule has 0 spiro atoms. The van der Waals surface area contributed by atoms with Gasteiger partial charge in [-0.3, -0.25) is 9.59 Å². The summed E-state index contributed by atoms with van der Waals surface area (Å²) in [6, 6.07) is 0. The summed E-state index contributed by atoms with van der Waals surface area (Å²) in [5.41, 5.74) is 3.29. The summed E-state index contributed by atoms with van der Waals surface area (Å²) in [5, 5.41) is 2.45. The molecule has 0 aliphatic heterocycles. The van der Waals surface area contributed by atoms with E-state index in [0.29, 0.717) is 0 Å². The number of alkyl halides is 4. The Morgan fingerprint density at radius 3 is 1.32 bits per heavy atom. The predicted octanol–water partition coefficient (Wildman–Crippen LogP) is 3.35. The SMILES string of the molecule is CC(C)C1(C(N)=O)CC(F)(F)C1.CNC(=O)C1(C(C)C)CC(F)(F)C1. The van der Waals surface area contributed by atoms with Crippen LogP contribution in [0.1, 0.15) is 53.4 Å². The molecule has 0 radical (unpaired) electrons. The molecule has 0 aromatic heterocycles. The van der Waals surface area contributed by atoms with Crippen LogP contribution in [0.25, 0.3) is 0 Å². The van der Waals surface area contributed by atoms with Crippen molar-refractivity contribution in [3.05, 3.63) is 0 Å². The van der Waals surface area contributed by atoms with Gasteiger partial charge in [-0.2, -0.15) is 0 Å². The smallest absolute Gasteiger partial charge is 0.250 e. The monoisotopic (exact) mass is 368 g/mol. The highest BCUT2D eigenvalue weighted by molar-refractivity contribution is 5.84. The van der Waals surface area contributed by atoms with Crippen LogP contribution in [0, 0.1) is 22.7 Å². The first-order chi connectivity index (χ1) is 11.1. The van der Waals surface area contributed by atoms with Gasteiger partial charge in [-0.1, -0.05) is 27.7 Å². The van der Waals surface area contributed by atoms with Crippen LogP contribution in [0.2, 0.25) is 0 Å². The fraction of sp³-hybridized carbons (Fsp3) is 0.882. The molecule has 2 fully saturated rings. The van der Waals surface area contributed by atoms with Gasteiger partial charge in [-0.05, 0) is 11.8 Å². The van der Waals surface area contributed by atoms with Gasteiger partial charge in [0.2, 0.25) is 23.7 Å². The number of nitrogens with two attached hydrogens (primary N) is 1. The third-order valence-corrected chi connectivity index (χ3v) is 5.68. The molecular weight excluding hydrogens is 340 g/mol. The second-order valence-electron chi connectivity index (χ2n) is 7.98. The summed E-state index contributed by atoms with van der Waals surface area (Å²) >= 11 is 0. The number of nitrogens with one attached hydrogen (secondary N) is 1. The minimum absolute atomic E-state index is 0.0351. The summed E-state index contributed by atoms with van der Waals surface area (Å²) in [6.45, 7) is 7.12. The molecule has 2 aliphatic rings. The van der Waals surface area contributed by atoms with Gasteiger partial charge in [0.1, 0.15) is 0 Å². The van der Waals surface area contributed by atoms with Crippen molar-refractivity contribution >= 4 is 11.8 Å². The van der Waals surface area contributed by atoms with Crippen LogP contribution < -0.4 is 11.1 Å². The van der Waals surface area contributed by atoms with Crippen LogP contribution in [0.4, 0.5) is 17.6 Å². The Kier molecular flexibility index (Phi) is 5.87. The number of rotatable bonds is 4. The Hall–Kier alpha value is -1.34. The van der Waals surface area contributed by atoms with E-state index in [-0.39, 0.29) is 43.4 Å². The molecule has 0 aromatic carbocycles. The van der Waals surface area contributed by atoms with Crippen LogP contribution in [0.5, 0.6) is 0 Å². The molecule has 0 heterocycles. The fourth-order valence-electron chi connectivity index (χ4n) is 3.69. The number of amides is 2. The molecule has 2 saturated carbocycles. The summed E-state index contributed by atoms with van der Waals surface area (Å²) in [5.74, 6) is -6.31. The second-order valence-corrected chi connectivity index (χ2v) is 7.98. The zero-order valence-corrected chi connectivity index (χ0v) is 15.4. The van der Waals surface area contributed by atoms with Crippen molar-refractivity contribution in [2.75, 3.05) is 7.05 Å². The Morgan fingerprint density at radius 1 is 0.840 bits per heavy atom. The molecule has 2 amide bonds. The maximum atomic E-state index is 12.7. The molecule has 3 N–H and O–H groups in total. The van der Waals surface area contributed by atoms with Gasteiger partial charge >= 0.3 is 0 Å². The average Bonchev–Trinajstić information content (AvgIpc) is 2.40. The van der Waals surface area contributed by atoms with E-state index in [9.17, 15) is 27.2 Å². The largest absolute Gasteiger partial charge is 0.369 e. The first kappa shape index (κ1) is 21.7. The molecule has 0 unspecified atom stereocenters. The van der Waals surface area contributed by atoms with Gasteiger partial charge in [-0.15, -0.1) is 0 Å². The number of carbonyl (C=O) groups excluding carboxylic acids is 2. The highest BCUT2D eigenvalue weighted by Gasteiger charge is 2.62. The zero-order chi connectivity index (χ0) is 19.8. The molecule has 0 bridgehead atoms. The normalized spacial score (nSPS) is 24.4. The maximum Gasteiger partial charge on any atom is 0.250 e. The lowest BCUT2D eigenvalue weighted by Crippen LogP contribution is -2.57. The van der Waals surface area contributed by atoms with E-state index in [1.807, 2.05) is 13.8 Å². The molecule has 0 atom stereocenters. The number of hydrogen-bond acceptors (Lipinski definition) is 2. The highest BCUT2D eigenvalue weighted by Crippen LogP contribution is 2.56. The van der Waals surface area contributed by atoms with Crippen molar-refractivity contribution in [2.24, 2.45) is 28.4 Å². The van der Waals surface area contributed by atoms with E-state index in [4.69, 9.17) is 5.73 Å². The van der Waals surface area contributed by atoms with Crippen molar-refractivity contribution in [2.45, 2.75) is 65.2 Å². The first-order valence-electron chi connectivity index (χ1n) is 8.42. The van der Waals surface area contributed by atoms with E-state index in [2.05, 4.69) is 5.32 Å². The quantitative estimate of drug-likeness (QED) is 0.747. The Morgan fingerprint density at radius 2 is 1.16 bits per heavy atom. The van der Waals surface area contributed by atoms with Crippen molar-refractivity contribution in [1.29, 1.82) is 0 Å². The van der Waals surface area contributed by atoms with E-state index in [1.165, 1.54) is 7.05 Å². The lowest BCUT2D eigenvalue weighted by Gasteiger charge is -2.48. The number of hydrogen-bond donors (Lipinski definition) is 2. The minimum Gasteiger partial charge on any atom is -0.369 e. The standard InChI is InChI=1S/C9H15F2NO.C8H13F2NO/c1-6(2)8(7(13)12-3)4-9(10,11)5-8;1-5(2)7(6(11)12)3-8(9,10)4-7/h6H,4-5H2,1-3H3,(H,12,13);5H,3-4H2,1-2H3,(H2,11,12). The summed E-state index contributed by atoms with van der Waals surface area (Å²) in [7, 11) is 1.49. The van der Waals surface area contributed by atoms with Gasteiger partial charge in [0.05, 0.1) is 10.8 Å². The van der Waals surface area contributed by atoms with Gasteiger partial charge in [0.25, 0.3) is 0 Å². The number of primary amides is 1. The van der Waals surface area contributed by atoms with Crippen LogP contribution in [0.3, 0.4) is 0 Å². The van der Waals surface area contributed by atoms with Crippen LogP contribution in [-0.2, 0) is 9.59 Å². The average molecular weight is 368 g/mol. The van der Waals surface area contributed by atoms with Gasteiger partial charge < -0.3 is 11.1 Å². The van der Waals surface area contributed by atoms with E-state index >= 15 is 0 Å². The molecule has 4 nitrogen and oxygen atoms in total.